The number of hydrogen-bond acceptors (Lipinski definition) is 6. The predicted molar refractivity (Wildman–Crippen MR) is 93.6 cm³/mol. The van der Waals surface area contributed by atoms with E-state index in [2.05, 4.69) is 20.2 Å². The lowest BCUT2D eigenvalue weighted by Crippen LogP contribution is -1.93. The van der Waals surface area contributed by atoms with E-state index in [1.165, 1.54) is 0 Å². The van der Waals surface area contributed by atoms with Crippen LogP contribution in [0.2, 0.25) is 0 Å². The minimum atomic E-state index is 0.537. The van der Waals surface area contributed by atoms with Gasteiger partial charge in [0.15, 0.2) is 0 Å². The molecule has 0 spiro atoms. The number of thioether (sulfide) groups is 1. The molecule has 2 aromatic heterocycles. The van der Waals surface area contributed by atoms with Gasteiger partial charge < -0.3 is 4.42 Å². The van der Waals surface area contributed by atoms with E-state index in [-0.39, 0.29) is 0 Å². The summed E-state index contributed by atoms with van der Waals surface area (Å²) in [6, 6.07) is 17.7. The van der Waals surface area contributed by atoms with Gasteiger partial charge in [-0.25, -0.2) is 9.97 Å². The lowest BCUT2D eigenvalue weighted by molar-refractivity contribution is 0.528. The van der Waals surface area contributed by atoms with Gasteiger partial charge in [0, 0.05) is 10.9 Å². The van der Waals surface area contributed by atoms with Crippen LogP contribution in [0.4, 0.5) is 0 Å². The molecular weight excluding hydrogens is 320 g/mol. The molecule has 24 heavy (non-hydrogen) atoms. The average Bonchev–Trinajstić information content (AvgIpc) is 3.09. The maximum atomic E-state index is 5.75. The molecule has 2 aromatic carbocycles. The number of aryl methyl sites for hydroxylation is 1. The molecule has 0 unspecified atom stereocenters. The third-order valence-electron chi connectivity index (χ3n) is 3.50. The first-order valence-corrected chi connectivity index (χ1v) is 8.52. The molecule has 0 aliphatic carbocycles. The van der Waals surface area contributed by atoms with E-state index in [1.54, 1.807) is 11.8 Å². The van der Waals surface area contributed by atoms with Crippen molar-refractivity contribution in [1.29, 1.82) is 0 Å². The topological polar surface area (TPSA) is 64.7 Å². The summed E-state index contributed by atoms with van der Waals surface area (Å²) >= 11 is 1.58. The van der Waals surface area contributed by atoms with E-state index in [0.29, 0.717) is 17.5 Å². The lowest BCUT2D eigenvalue weighted by Gasteiger charge is -2.04. The standard InChI is InChI=1S/C18H14N4OS/c1-12-19-15-10-6-5-9-14(15)18(20-12)24-11-16-21-22-17(23-16)13-7-3-2-4-8-13/h2-10H,11H2,1H3. The van der Waals surface area contributed by atoms with Crippen molar-refractivity contribution in [3.63, 3.8) is 0 Å². The normalized spacial score (nSPS) is 11.0. The van der Waals surface area contributed by atoms with Crippen LogP contribution in [0, 0.1) is 6.92 Å². The van der Waals surface area contributed by atoms with E-state index >= 15 is 0 Å². The number of rotatable bonds is 4. The average molecular weight is 334 g/mol. The molecule has 6 heteroatoms. The second-order valence-corrected chi connectivity index (χ2v) is 6.21. The molecule has 4 aromatic rings. The van der Waals surface area contributed by atoms with E-state index in [4.69, 9.17) is 4.42 Å². The zero-order valence-electron chi connectivity index (χ0n) is 13.0. The smallest absolute Gasteiger partial charge is 0.247 e. The van der Waals surface area contributed by atoms with Gasteiger partial charge in [0.2, 0.25) is 11.8 Å². The van der Waals surface area contributed by atoms with Crippen LogP contribution in [0.15, 0.2) is 64.0 Å². The van der Waals surface area contributed by atoms with Gasteiger partial charge in [0.05, 0.1) is 11.3 Å². The SMILES string of the molecule is Cc1nc(SCc2nnc(-c3ccccc3)o2)c2ccccc2n1. The van der Waals surface area contributed by atoms with Crippen LogP contribution >= 0.6 is 11.8 Å². The van der Waals surface area contributed by atoms with Crippen LogP contribution < -0.4 is 0 Å². The minimum absolute atomic E-state index is 0.537. The summed E-state index contributed by atoms with van der Waals surface area (Å²) in [7, 11) is 0. The highest BCUT2D eigenvalue weighted by Gasteiger charge is 2.11. The fourth-order valence-electron chi connectivity index (χ4n) is 2.41. The predicted octanol–water partition coefficient (Wildman–Crippen LogP) is 4.28. The van der Waals surface area contributed by atoms with E-state index in [1.807, 2.05) is 61.5 Å². The monoisotopic (exact) mass is 334 g/mol. The summed E-state index contributed by atoms with van der Waals surface area (Å²) < 4.78 is 5.75. The second-order valence-electron chi connectivity index (χ2n) is 5.25. The summed E-state index contributed by atoms with van der Waals surface area (Å²) in [5.74, 6) is 2.45. The van der Waals surface area contributed by atoms with Crippen molar-refractivity contribution in [2.24, 2.45) is 0 Å². The maximum absolute atomic E-state index is 5.75. The zero-order chi connectivity index (χ0) is 16.4. The van der Waals surface area contributed by atoms with Gasteiger partial charge in [0.1, 0.15) is 10.9 Å². The van der Waals surface area contributed by atoms with Crippen LogP contribution in [-0.4, -0.2) is 20.2 Å². The molecule has 0 amide bonds. The van der Waals surface area contributed by atoms with Crippen LogP contribution in [0.5, 0.6) is 0 Å². The van der Waals surface area contributed by atoms with Crippen molar-refractivity contribution in [2.45, 2.75) is 17.7 Å². The minimum Gasteiger partial charge on any atom is -0.420 e. The Balaban J connectivity index is 1.57. The molecule has 0 bridgehead atoms. The van der Waals surface area contributed by atoms with Crippen molar-refractivity contribution < 1.29 is 4.42 Å². The highest BCUT2D eigenvalue weighted by atomic mass is 32.2. The Morgan fingerprint density at radius 2 is 1.71 bits per heavy atom. The largest absolute Gasteiger partial charge is 0.420 e. The first-order valence-electron chi connectivity index (χ1n) is 7.53. The molecule has 0 saturated heterocycles. The molecule has 4 rings (SSSR count). The van der Waals surface area contributed by atoms with Gasteiger partial charge in [-0.2, -0.15) is 0 Å². The summed E-state index contributed by atoms with van der Waals surface area (Å²) in [6.45, 7) is 1.90. The first-order chi connectivity index (χ1) is 11.8. The van der Waals surface area contributed by atoms with Crippen molar-refractivity contribution in [1.82, 2.24) is 20.2 Å². The molecule has 0 aliphatic heterocycles. The van der Waals surface area contributed by atoms with Crippen molar-refractivity contribution in [2.75, 3.05) is 0 Å². The van der Waals surface area contributed by atoms with Gasteiger partial charge >= 0.3 is 0 Å². The van der Waals surface area contributed by atoms with Gasteiger partial charge in [-0.15, -0.1) is 10.2 Å². The molecule has 0 aliphatic rings. The fourth-order valence-corrected chi connectivity index (χ4v) is 3.31. The van der Waals surface area contributed by atoms with Crippen LogP contribution in [0.1, 0.15) is 11.7 Å². The third-order valence-corrected chi connectivity index (χ3v) is 4.48. The van der Waals surface area contributed by atoms with Gasteiger partial charge in [0.25, 0.3) is 0 Å². The Morgan fingerprint density at radius 1 is 0.917 bits per heavy atom. The molecular formula is C18H14N4OS. The molecule has 0 saturated carbocycles. The van der Waals surface area contributed by atoms with Crippen LogP contribution in [-0.2, 0) is 5.75 Å². The molecule has 2 heterocycles. The van der Waals surface area contributed by atoms with E-state index < -0.39 is 0 Å². The number of para-hydroxylation sites is 1. The van der Waals surface area contributed by atoms with Gasteiger partial charge in [-0.05, 0) is 25.1 Å². The van der Waals surface area contributed by atoms with Crippen LogP contribution in [0.3, 0.4) is 0 Å². The van der Waals surface area contributed by atoms with Gasteiger partial charge in [-0.1, -0.05) is 48.2 Å². The molecule has 0 radical (unpaired) electrons. The Labute approximate surface area is 143 Å². The van der Waals surface area contributed by atoms with Crippen molar-refractivity contribution in [3.05, 3.63) is 66.3 Å². The van der Waals surface area contributed by atoms with Crippen molar-refractivity contribution >= 4 is 22.7 Å². The first kappa shape index (κ1) is 14.8. The number of nitrogens with zero attached hydrogens (tertiary/aromatic N) is 4. The molecule has 0 N–H and O–H groups in total. The van der Waals surface area contributed by atoms with Crippen molar-refractivity contribution in [3.8, 4) is 11.5 Å². The zero-order valence-corrected chi connectivity index (χ0v) is 13.8. The Bertz CT molecular complexity index is 985. The van der Waals surface area contributed by atoms with Crippen LogP contribution in [0.25, 0.3) is 22.4 Å². The molecule has 118 valence electrons. The van der Waals surface area contributed by atoms with E-state index in [9.17, 15) is 0 Å². The summed E-state index contributed by atoms with van der Waals surface area (Å²) in [4.78, 5) is 9.00. The maximum Gasteiger partial charge on any atom is 0.247 e. The van der Waals surface area contributed by atoms with E-state index in [0.717, 1.165) is 27.3 Å². The third kappa shape index (κ3) is 3.00. The highest BCUT2D eigenvalue weighted by molar-refractivity contribution is 7.98. The van der Waals surface area contributed by atoms with Gasteiger partial charge in [-0.3, -0.25) is 0 Å². The number of benzene rings is 2. The Hall–Kier alpha value is -2.73. The Kier molecular flexibility index (Phi) is 3.96. The number of aromatic nitrogens is 4. The number of hydrogen-bond donors (Lipinski definition) is 0. The lowest BCUT2D eigenvalue weighted by atomic mass is 10.2. The summed E-state index contributed by atoms with van der Waals surface area (Å²) in [6.07, 6.45) is 0. The molecule has 5 nitrogen and oxygen atoms in total. The summed E-state index contributed by atoms with van der Waals surface area (Å²) in [5.41, 5.74) is 1.87. The summed E-state index contributed by atoms with van der Waals surface area (Å²) in [5, 5.41) is 10.2. The fraction of sp³-hybridized carbons (Fsp3) is 0.111. The quantitative estimate of drug-likeness (QED) is 0.410. The Morgan fingerprint density at radius 3 is 2.58 bits per heavy atom. The highest BCUT2D eigenvalue weighted by Crippen LogP contribution is 2.28. The molecule has 0 fully saturated rings. The second kappa shape index (κ2) is 6.41. The number of fused-ring (bicyclic) bond motifs is 1. The molecule has 0 atom stereocenters.